The van der Waals surface area contributed by atoms with Crippen molar-refractivity contribution in [1.82, 2.24) is 10.1 Å². The number of amides is 1. The number of nitrogens with zero attached hydrogens (tertiary/aromatic N) is 2. The maximum Gasteiger partial charge on any atom is 0.296 e. The monoisotopic (exact) mass is 285 g/mol. The van der Waals surface area contributed by atoms with Crippen molar-refractivity contribution >= 4 is 22.4 Å². The Morgan fingerprint density at radius 1 is 1.30 bits per heavy atom. The number of hydrogen-bond acceptors (Lipinski definition) is 5. The molecular formula is C14H11N3O2S. The van der Waals surface area contributed by atoms with Crippen molar-refractivity contribution in [3.63, 3.8) is 0 Å². The molecule has 100 valence electrons. The van der Waals surface area contributed by atoms with Crippen LogP contribution < -0.4 is 5.32 Å². The maximum absolute atomic E-state index is 12.0. The van der Waals surface area contributed by atoms with Gasteiger partial charge in [-0.2, -0.15) is 0 Å². The van der Waals surface area contributed by atoms with Crippen molar-refractivity contribution in [2.45, 2.75) is 6.92 Å². The second-order valence-corrected chi connectivity index (χ2v) is 5.41. The Kier molecular flexibility index (Phi) is 3.30. The summed E-state index contributed by atoms with van der Waals surface area (Å²) in [4.78, 5) is 17.1. The molecule has 0 aliphatic carbocycles. The molecule has 1 amide bonds. The smallest absolute Gasteiger partial charge is 0.296 e. The molecule has 0 spiro atoms. The molecule has 0 radical (unpaired) electrons. The highest BCUT2D eigenvalue weighted by Crippen LogP contribution is 2.21. The van der Waals surface area contributed by atoms with Gasteiger partial charge in [-0.15, -0.1) is 11.3 Å². The fourth-order valence-corrected chi connectivity index (χ4v) is 2.36. The van der Waals surface area contributed by atoms with Crippen LogP contribution in [0.15, 0.2) is 47.1 Å². The Balaban J connectivity index is 1.78. The van der Waals surface area contributed by atoms with Crippen LogP contribution in [0.25, 0.3) is 11.3 Å². The molecule has 0 aliphatic rings. The van der Waals surface area contributed by atoms with E-state index in [0.29, 0.717) is 10.8 Å². The Morgan fingerprint density at radius 2 is 2.10 bits per heavy atom. The minimum Gasteiger partial charge on any atom is -0.350 e. The van der Waals surface area contributed by atoms with Gasteiger partial charge in [0.15, 0.2) is 5.13 Å². The van der Waals surface area contributed by atoms with Gasteiger partial charge in [0.1, 0.15) is 5.69 Å². The van der Waals surface area contributed by atoms with Crippen molar-refractivity contribution in [2.24, 2.45) is 0 Å². The van der Waals surface area contributed by atoms with E-state index in [1.54, 1.807) is 12.3 Å². The minimum atomic E-state index is -0.353. The van der Waals surface area contributed by atoms with E-state index < -0.39 is 0 Å². The van der Waals surface area contributed by atoms with E-state index in [9.17, 15) is 4.79 Å². The van der Waals surface area contributed by atoms with Crippen molar-refractivity contribution < 1.29 is 9.32 Å². The number of aromatic nitrogens is 2. The van der Waals surface area contributed by atoms with Crippen molar-refractivity contribution in [3.05, 3.63) is 53.2 Å². The SMILES string of the molecule is Cc1cnc(NC(=O)c2cc(-c3ccccc3)no2)s1. The van der Waals surface area contributed by atoms with E-state index in [-0.39, 0.29) is 11.7 Å². The van der Waals surface area contributed by atoms with Crippen molar-refractivity contribution in [3.8, 4) is 11.3 Å². The zero-order valence-electron chi connectivity index (χ0n) is 10.7. The fraction of sp³-hybridized carbons (Fsp3) is 0.0714. The molecule has 2 aromatic heterocycles. The molecule has 0 saturated heterocycles. The van der Waals surface area contributed by atoms with Gasteiger partial charge in [-0.3, -0.25) is 10.1 Å². The third kappa shape index (κ3) is 2.60. The van der Waals surface area contributed by atoms with Gasteiger partial charge in [-0.25, -0.2) is 4.98 Å². The molecule has 3 rings (SSSR count). The lowest BCUT2D eigenvalue weighted by molar-refractivity contribution is 0.0988. The van der Waals surface area contributed by atoms with Crippen LogP contribution in [0.1, 0.15) is 15.4 Å². The average molecular weight is 285 g/mol. The van der Waals surface area contributed by atoms with Gasteiger partial charge in [0, 0.05) is 22.7 Å². The Labute approximate surface area is 119 Å². The summed E-state index contributed by atoms with van der Waals surface area (Å²) in [5.74, 6) is -0.189. The number of anilines is 1. The summed E-state index contributed by atoms with van der Waals surface area (Å²) in [7, 11) is 0. The van der Waals surface area contributed by atoms with E-state index in [2.05, 4.69) is 15.5 Å². The highest BCUT2D eigenvalue weighted by molar-refractivity contribution is 7.15. The highest BCUT2D eigenvalue weighted by Gasteiger charge is 2.15. The van der Waals surface area contributed by atoms with Gasteiger partial charge in [0.05, 0.1) is 0 Å². The van der Waals surface area contributed by atoms with E-state index in [0.717, 1.165) is 10.4 Å². The van der Waals surface area contributed by atoms with Crippen molar-refractivity contribution in [1.29, 1.82) is 0 Å². The van der Waals surface area contributed by atoms with Crippen molar-refractivity contribution in [2.75, 3.05) is 5.32 Å². The largest absolute Gasteiger partial charge is 0.350 e. The first-order chi connectivity index (χ1) is 9.72. The molecule has 1 N–H and O–H groups in total. The van der Waals surface area contributed by atoms with Gasteiger partial charge in [-0.1, -0.05) is 35.5 Å². The molecule has 0 aliphatic heterocycles. The van der Waals surface area contributed by atoms with Gasteiger partial charge >= 0.3 is 0 Å². The number of nitrogens with one attached hydrogen (secondary N) is 1. The zero-order valence-corrected chi connectivity index (χ0v) is 11.5. The predicted molar refractivity (Wildman–Crippen MR) is 76.7 cm³/mol. The van der Waals surface area contributed by atoms with Gasteiger partial charge in [0.2, 0.25) is 5.76 Å². The lowest BCUT2D eigenvalue weighted by Crippen LogP contribution is -2.10. The van der Waals surface area contributed by atoms with E-state index >= 15 is 0 Å². The Bertz CT molecular complexity index is 734. The fourth-order valence-electron chi connectivity index (χ4n) is 1.70. The summed E-state index contributed by atoms with van der Waals surface area (Å²) in [6.45, 7) is 1.93. The van der Waals surface area contributed by atoms with Gasteiger partial charge in [0.25, 0.3) is 5.91 Å². The lowest BCUT2D eigenvalue weighted by Gasteiger charge is -1.95. The quantitative estimate of drug-likeness (QED) is 0.801. The molecule has 0 fully saturated rings. The van der Waals surface area contributed by atoms with Crippen LogP contribution in [-0.4, -0.2) is 16.0 Å². The standard InChI is InChI=1S/C14H11N3O2S/c1-9-8-15-14(20-9)16-13(18)12-7-11(17-19-12)10-5-3-2-4-6-10/h2-8H,1H3,(H,15,16,18). The number of hydrogen-bond donors (Lipinski definition) is 1. The third-order valence-corrected chi connectivity index (χ3v) is 3.47. The van der Waals surface area contributed by atoms with Crippen LogP contribution in [-0.2, 0) is 0 Å². The summed E-state index contributed by atoms with van der Waals surface area (Å²) < 4.78 is 5.07. The molecule has 3 aromatic rings. The summed E-state index contributed by atoms with van der Waals surface area (Å²) in [6, 6.07) is 11.2. The first-order valence-corrected chi connectivity index (χ1v) is 6.80. The first kappa shape index (κ1) is 12.6. The molecule has 0 unspecified atom stereocenters. The summed E-state index contributed by atoms with van der Waals surface area (Å²) in [5, 5.41) is 7.13. The van der Waals surface area contributed by atoms with E-state index in [4.69, 9.17) is 4.52 Å². The summed E-state index contributed by atoms with van der Waals surface area (Å²) in [6.07, 6.45) is 1.70. The summed E-state index contributed by atoms with van der Waals surface area (Å²) in [5.41, 5.74) is 1.53. The second kappa shape index (κ2) is 5.26. The molecule has 5 nitrogen and oxygen atoms in total. The van der Waals surface area contributed by atoms with Crippen LogP contribution in [0.3, 0.4) is 0 Å². The summed E-state index contributed by atoms with van der Waals surface area (Å²) >= 11 is 1.41. The first-order valence-electron chi connectivity index (χ1n) is 5.98. The molecule has 0 atom stereocenters. The average Bonchev–Trinajstić information content (AvgIpc) is 3.09. The topological polar surface area (TPSA) is 68.0 Å². The number of carbonyl (C=O) groups excluding carboxylic acids is 1. The number of benzene rings is 1. The predicted octanol–water partition coefficient (Wildman–Crippen LogP) is 3.36. The van der Waals surface area contributed by atoms with E-state index in [1.807, 2.05) is 37.3 Å². The molecule has 0 saturated carbocycles. The van der Waals surface area contributed by atoms with Crippen LogP contribution >= 0.6 is 11.3 Å². The molecule has 20 heavy (non-hydrogen) atoms. The number of aryl methyl sites for hydroxylation is 1. The minimum absolute atomic E-state index is 0.164. The molecule has 0 bridgehead atoms. The van der Waals surface area contributed by atoms with Crippen LogP contribution in [0, 0.1) is 6.92 Å². The number of carbonyl (C=O) groups is 1. The molecule has 1 aromatic carbocycles. The number of rotatable bonds is 3. The Hall–Kier alpha value is -2.47. The van der Waals surface area contributed by atoms with Gasteiger partial charge in [-0.05, 0) is 6.92 Å². The zero-order chi connectivity index (χ0) is 13.9. The Morgan fingerprint density at radius 3 is 2.80 bits per heavy atom. The van der Waals surface area contributed by atoms with Crippen LogP contribution in [0.2, 0.25) is 0 Å². The highest BCUT2D eigenvalue weighted by atomic mass is 32.1. The third-order valence-electron chi connectivity index (χ3n) is 2.65. The number of thiazole rings is 1. The second-order valence-electron chi connectivity index (χ2n) is 4.17. The van der Waals surface area contributed by atoms with Gasteiger partial charge < -0.3 is 4.52 Å². The maximum atomic E-state index is 12.0. The normalized spacial score (nSPS) is 10.4. The molecular weight excluding hydrogens is 274 g/mol. The van der Waals surface area contributed by atoms with Crippen LogP contribution in [0.5, 0.6) is 0 Å². The van der Waals surface area contributed by atoms with Crippen LogP contribution in [0.4, 0.5) is 5.13 Å². The van der Waals surface area contributed by atoms with E-state index in [1.165, 1.54) is 11.3 Å². The molecule has 6 heteroatoms. The molecule has 2 heterocycles. The lowest BCUT2D eigenvalue weighted by atomic mass is 10.1.